The summed E-state index contributed by atoms with van der Waals surface area (Å²) in [6.07, 6.45) is -0.307. The van der Waals surface area contributed by atoms with Gasteiger partial charge in [-0.3, -0.25) is 9.59 Å². The Balaban J connectivity index is 1.74. The van der Waals surface area contributed by atoms with Gasteiger partial charge in [0.05, 0.1) is 6.42 Å². The predicted octanol–water partition coefficient (Wildman–Crippen LogP) is 2.08. The number of hydrogen-bond donors (Lipinski definition) is 1. The molecule has 0 aliphatic carbocycles. The molecule has 0 radical (unpaired) electrons. The lowest BCUT2D eigenvalue weighted by atomic mass is 10.1. The molecule has 8 heteroatoms. The lowest BCUT2D eigenvalue weighted by molar-refractivity contribution is -0.138. The van der Waals surface area contributed by atoms with Crippen molar-refractivity contribution >= 4 is 29.5 Å². The number of hydrogen-bond acceptors (Lipinski definition) is 4. The molecule has 1 aliphatic rings. The summed E-state index contributed by atoms with van der Waals surface area (Å²) in [5, 5.41) is 3.10. The van der Waals surface area contributed by atoms with E-state index in [0.717, 1.165) is 5.56 Å². The summed E-state index contributed by atoms with van der Waals surface area (Å²) in [5.41, 5.74) is 0.299. The number of nitrogens with zero attached hydrogens (tertiary/aromatic N) is 2. The van der Waals surface area contributed by atoms with Crippen LogP contribution >= 0.6 is 11.6 Å². The first-order chi connectivity index (χ1) is 12.6. The van der Waals surface area contributed by atoms with Crippen molar-refractivity contribution in [1.82, 2.24) is 15.1 Å². The molecule has 3 amide bonds. The van der Waals surface area contributed by atoms with Gasteiger partial charge in [-0.25, -0.2) is 4.79 Å². The van der Waals surface area contributed by atoms with E-state index in [4.69, 9.17) is 16.3 Å². The number of alkyl carbamates (subject to hydrolysis) is 1. The van der Waals surface area contributed by atoms with Crippen LogP contribution in [0.3, 0.4) is 0 Å². The summed E-state index contributed by atoms with van der Waals surface area (Å²) in [6, 6.07) is 7.20. The zero-order valence-electron chi connectivity index (χ0n) is 16.0. The SMILES string of the molecule is CC(C)(C)OC(=O)NCC(=O)N1CCN(C(=O)Cc2ccc(Cl)cc2)CC1. The molecule has 0 spiro atoms. The summed E-state index contributed by atoms with van der Waals surface area (Å²) in [4.78, 5) is 39.6. The number of piperazine rings is 1. The van der Waals surface area contributed by atoms with E-state index < -0.39 is 11.7 Å². The first kappa shape index (κ1) is 21.0. The van der Waals surface area contributed by atoms with Crippen LogP contribution in [0, 0.1) is 0 Å². The first-order valence-corrected chi connectivity index (χ1v) is 9.29. The van der Waals surface area contributed by atoms with E-state index in [2.05, 4.69) is 5.32 Å². The number of carbonyl (C=O) groups excluding carboxylic acids is 3. The molecule has 0 unspecified atom stereocenters. The van der Waals surface area contributed by atoms with Gasteiger partial charge >= 0.3 is 6.09 Å². The van der Waals surface area contributed by atoms with Gasteiger partial charge in [0.1, 0.15) is 12.1 Å². The van der Waals surface area contributed by atoms with E-state index in [9.17, 15) is 14.4 Å². The summed E-state index contributed by atoms with van der Waals surface area (Å²) < 4.78 is 5.11. The number of rotatable bonds is 4. The Kier molecular flexibility index (Phi) is 7.07. The van der Waals surface area contributed by atoms with Gasteiger partial charge in [-0.2, -0.15) is 0 Å². The van der Waals surface area contributed by atoms with Gasteiger partial charge in [0.2, 0.25) is 11.8 Å². The molecule has 1 heterocycles. The molecule has 1 aliphatic heterocycles. The van der Waals surface area contributed by atoms with Gasteiger partial charge in [-0.05, 0) is 38.5 Å². The normalized spacial score (nSPS) is 14.7. The van der Waals surface area contributed by atoms with E-state index in [1.165, 1.54) is 0 Å². The Bertz CT molecular complexity index is 677. The lowest BCUT2D eigenvalue weighted by Gasteiger charge is -2.35. The van der Waals surface area contributed by atoms with Crippen molar-refractivity contribution in [3.8, 4) is 0 Å². The Morgan fingerprint density at radius 3 is 2.04 bits per heavy atom. The third kappa shape index (κ3) is 7.09. The van der Waals surface area contributed by atoms with Crippen molar-refractivity contribution in [2.24, 2.45) is 0 Å². The van der Waals surface area contributed by atoms with Crippen molar-refractivity contribution in [1.29, 1.82) is 0 Å². The third-order valence-corrected chi connectivity index (χ3v) is 4.29. The van der Waals surface area contributed by atoms with E-state index in [-0.39, 0.29) is 18.4 Å². The summed E-state index contributed by atoms with van der Waals surface area (Å²) in [6.45, 7) is 7.00. The quantitative estimate of drug-likeness (QED) is 0.846. The third-order valence-electron chi connectivity index (χ3n) is 4.04. The van der Waals surface area contributed by atoms with Crippen LogP contribution in [0.4, 0.5) is 4.79 Å². The average Bonchev–Trinajstić information content (AvgIpc) is 2.60. The van der Waals surface area contributed by atoms with Crippen LogP contribution in [0.15, 0.2) is 24.3 Å². The number of halogens is 1. The fourth-order valence-corrected chi connectivity index (χ4v) is 2.79. The number of benzene rings is 1. The zero-order chi connectivity index (χ0) is 20.0. The van der Waals surface area contributed by atoms with Gasteiger partial charge in [0.25, 0.3) is 0 Å². The largest absolute Gasteiger partial charge is 0.444 e. The minimum atomic E-state index is -0.618. The molecule has 27 heavy (non-hydrogen) atoms. The summed E-state index contributed by atoms with van der Waals surface area (Å²) in [7, 11) is 0. The molecular formula is C19H26ClN3O4. The predicted molar refractivity (Wildman–Crippen MR) is 103 cm³/mol. The van der Waals surface area contributed by atoms with Crippen LogP contribution in [0.5, 0.6) is 0 Å². The van der Waals surface area contributed by atoms with Crippen molar-refractivity contribution in [2.75, 3.05) is 32.7 Å². The maximum Gasteiger partial charge on any atom is 0.408 e. The highest BCUT2D eigenvalue weighted by atomic mass is 35.5. The Hall–Kier alpha value is -2.28. The molecule has 0 saturated carbocycles. The average molecular weight is 396 g/mol. The standard InChI is InChI=1S/C19H26ClN3O4/c1-19(2,3)27-18(26)21-13-17(25)23-10-8-22(9-11-23)16(24)12-14-4-6-15(20)7-5-14/h4-7H,8-13H2,1-3H3,(H,21,26). The lowest BCUT2D eigenvalue weighted by Crippen LogP contribution is -2.53. The number of ether oxygens (including phenoxy) is 1. The minimum absolute atomic E-state index is 0.0244. The second-order valence-electron chi connectivity index (χ2n) is 7.42. The van der Waals surface area contributed by atoms with Crippen LogP contribution in [-0.2, 0) is 20.7 Å². The molecule has 0 bridgehead atoms. The molecule has 1 aromatic rings. The van der Waals surface area contributed by atoms with Crippen molar-refractivity contribution in [3.63, 3.8) is 0 Å². The fraction of sp³-hybridized carbons (Fsp3) is 0.526. The molecule has 2 rings (SSSR count). The van der Waals surface area contributed by atoms with Gasteiger partial charge in [0, 0.05) is 31.2 Å². The topological polar surface area (TPSA) is 79.0 Å². The van der Waals surface area contributed by atoms with E-state index in [1.807, 2.05) is 12.1 Å². The monoisotopic (exact) mass is 395 g/mol. The Labute approximate surface area is 164 Å². The zero-order valence-corrected chi connectivity index (χ0v) is 16.7. The molecule has 1 aromatic carbocycles. The van der Waals surface area contributed by atoms with Crippen LogP contribution < -0.4 is 5.32 Å². The van der Waals surface area contributed by atoms with Crippen LogP contribution in [0.25, 0.3) is 0 Å². The van der Waals surface area contributed by atoms with Gasteiger partial charge in [-0.1, -0.05) is 23.7 Å². The molecular weight excluding hydrogens is 370 g/mol. The molecule has 0 aromatic heterocycles. The maximum atomic E-state index is 12.4. The highest BCUT2D eigenvalue weighted by Gasteiger charge is 2.25. The second-order valence-corrected chi connectivity index (χ2v) is 7.86. The van der Waals surface area contributed by atoms with Crippen molar-refractivity contribution < 1.29 is 19.1 Å². The van der Waals surface area contributed by atoms with E-state index in [1.54, 1.807) is 42.7 Å². The Morgan fingerprint density at radius 2 is 1.52 bits per heavy atom. The van der Waals surface area contributed by atoms with Crippen LogP contribution in [0.1, 0.15) is 26.3 Å². The number of nitrogens with one attached hydrogen (secondary N) is 1. The van der Waals surface area contributed by atoms with Crippen LogP contribution in [0.2, 0.25) is 5.02 Å². The van der Waals surface area contributed by atoms with Crippen LogP contribution in [-0.4, -0.2) is 66.0 Å². The van der Waals surface area contributed by atoms with Crippen molar-refractivity contribution in [2.45, 2.75) is 32.8 Å². The van der Waals surface area contributed by atoms with Gasteiger partial charge in [-0.15, -0.1) is 0 Å². The summed E-state index contributed by atoms with van der Waals surface area (Å²) in [5.74, 6) is -0.165. The summed E-state index contributed by atoms with van der Waals surface area (Å²) >= 11 is 5.85. The second kappa shape index (κ2) is 9.08. The molecule has 148 valence electrons. The highest BCUT2D eigenvalue weighted by molar-refractivity contribution is 6.30. The Morgan fingerprint density at radius 1 is 1.00 bits per heavy atom. The first-order valence-electron chi connectivity index (χ1n) is 8.91. The fourth-order valence-electron chi connectivity index (χ4n) is 2.67. The van der Waals surface area contributed by atoms with Gasteiger partial charge in [0.15, 0.2) is 0 Å². The van der Waals surface area contributed by atoms with Gasteiger partial charge < -0.3 is 19.9 Å². The highest BCUT2D eigenvalue weighted by Crippen LogP contribution is 2.12. The number of amides is 3. The molecule has 1 N–H and O–H groups in total. The molecule has 1 saturated heterocycles. The van der Waals surface area contributed by atoms with E-state index >= 15 is 0 Å². The molecule has 7 nitrogen and oxygen atoms in total. The smallest absolute Gasteiger partial charge is 0.408 e. The minimum Gasteiger partial charge on any atom is -0.444 e. The molecule has 0 atom stereocenters. The van der Waals surface area contributed by atoms with Crippen molar-refractivity contribution in [3.05, 3.63) is 34.9 Å². The number of carbonyl (C=O) groups is 3. The molecule has 1 fully saturated rings. The maximum absolute atomic E-state index is 12.4. The van der Waals surface area contributed by atoms with E-state index in [0.29, 0.717) is 37.6 Å².